The summed E-state index contributed by atoms with van der Waals surface area (Å²) in [6, 6.07) is 4.11. The Morgan fingerprint density at radius 3 is 0.967 bits per heavy atom. The highest BCUT2D eigenvalue weighted by atomic mass is 15.4. The lowest BCUT2D eigenvalue weighted by Crippen LogP contribution is -2.56. The summed E-state index contributed by atoms with van der Waals surface area (Å²) < 4.78 is 2.92. The zero-order valence-electron chi connectivity index (χ0n) is 20.8. The minimum absolute atomic E-state index is 1.03. The van der Waals surface area contributed by atoms with Crippen molar-refractivity contribution in [1.29, 1.82) is 0 Å². The maximum Gasteiger partial charge on any atom is 0.0892 e. The number of hydrogen-bond acceptors (Lipinski definition) is 0. The minimum Gasteiger partial charge on any atom is -0.321 e. The Morgan fingerprint density at radius 2 is 0.667 bits per heavy atom. The molecule has 174 valence electrons. The lowest BCUT2D eigenvalue weighted by Gasteiger charge is -2.45. The van der Waals surface area contributed by atoms with Crippen LogP contribution in [0.1, 0.15) is 128 Å². The molecule has 4 saturated heterocycles. The highest BCUT2D eigenvalue weighted by Crippen LogP contribution is 2.42. The molecule has 4 bridgehead atoms. The fourth-order valence-corrected chi connectivity index (χ4v) is 8.53. The van der Waals surface area contributed by atoms with Crippen molar-refractivity contribution in [3.63, 3.8) is 0 Å². The van der Waals surface area contributed by atoms with E-state index < -0.39 is 0 Å². The highest BCUT2D eigenvalue weighted by molar-refractivity contribution is 4.82. The van der Waals surface area contributed by atoms with Crippen LogP contribution in [0.2, 0.25) is 0 Å². The predicted molar refractivity (Wildman–Crippen MR) is 130 cm³/mol. The summed E-state index contributed by atoms with van der Waals surface area (Å²) >= 11 is 0. The normalized spacial score (nSPS) is 40.2. The van der Waals surface area contributed by atoms with Crippen molar-refractivity contribution in [2.24, 2.45) is 0 Å². The first-order chi connectivity index (χ1) is 14.6. The smallest absolute Gasteiger partial charge is 0.0892 e. The topological polar surface area (TPSA) is 0 Å². The quantitative estimate of drug-likeness (QED) is 0.219. The van der Waals surface area contributed by atoms with Crippen LogP contribution in [0.3, 0.4) is 0 Å². The molecule has 4 aliphatic heterocycles. The van der Waals surface area contributed by atoms with E-state index in [1.807, 2.05) is 0 Å². The van der Waals surface area contributed by atoms with Gasteiger partial charge in [0.2, 0.25) is 0 Å². The fourth-order valence-electron chi connectivity index (χ4n) is 8.53. The zero-order valence-corrected chi connectivity index (χ0v) is 20.8. The van der Waals surface area contributed by atoms with Crippen molar-refractivity contribution in [1.82, 2.24) is 0 Å². The van der Waals surface area contributed by atoms with Crippen molar-refractivity contribution in [2.45, 2.75) is 153 Å². The van der Waals surface area contributed by atoms with Crippen molar-refractivity contribution >= 4 is 0 Å². The molecule has 4 heterocycles. The number of nitrogens with zero attached hydrogens (tertiary/aromatic N) is 2. The molecule has 2 unspecified atom stereocenters. The average molecular weight is 419 g/mol. The number of quaternary nitrogens is 2. The number of unbranched alkanes of at least 4 members (excludes halogenated alkanes) is 9. The van der Waals surface area contributed by atoms with Crippen LogP contribution in [0.4, 0.5) is 0 Å². The first kappa shape index (κ1) is 23.1. The second-order valence-corrected chi connectivity index (χ2v) is 12.3. The molecule has 0 aliphatic carbocycles. The van der Waals surface area contributed by atoms with Gasteiger partial charge < -0.3 is 8.97 Å². The number of hydrogen-bond donors (Lipinski definition) is 0. The monoisotopic (exact) mass is 418 g/mol. The van der Waals surface area contributed by atoms with Gasteiger partial charge in [-0.25, -0.2) is 0 Å². The molecular weight excluding hydrogens is 364 g/mol. The summed E-state index contributed by atoms with van der Waals surface area (Å²) in [6.45, 7) is 2.96. The average Bonchev–Trinajstić information content (AvgIpc) is 3.02. The van der Waals surface area contributed by atoms with Gasteiger partial charge in [0.05, 0.1) is 51.4 Å². The second-order valence-electron chi connectivity index (χ2n) is 12.3. The standard InChI is InChI=1S/C28H54N2/c1-29(25-15-13-16-26(29)20-19-25)23-11-9-7-5-3-4-6-8-10-12-24-30(2)27-17-14-18-28(30)22-21-27/h25-28H,3-24H2,1-2H3/q+2/t25-,26+,27-,28+,29?,30?. The third-order valence-corrected chi connectivity index (χ3v) is 10.7. The molecule has 0 radical (unpaired) electrons. The molecule has 0 aromatic rings. The number of rotatable bonds is 13. The Hall–Kier alpha value is -0.0800. The van der Waals surface area contributed by atoms with Gasteiger partial charge in [-0.3, -0.25) is 0 Å². The van der Waals surface area contributed by atoms with Gasteiger partial charge in [0.25, 0.3) is 0 Å². The molecule has 0 amide bonds. The van der Waals surface area contributed by atoms with E-state index in [1.165, 1.54) is 150 Å². The van der Waals surface area contributed by atoms with Gasteiger partial charge in [0, 0.05) is 25.7 Å². The van der Waals surface area contributed by atoms with Gasteiger partial charge in [-0.2, -0.15) is 0 Å². The molecule has 0 N–H and O–H groups in total. The SMILES string of the molecule is C[N+]1(CCCCCCCCCCCC[N+]2(C)[C@@H]3CCC[C@H]2CC3)[C@@H]2CCC[C@H]1CC2. The van der Waals surface area contributed by atoms with Crippen molar-refractivity contribution in [3.8, 4) is 0 Å². The molecular formula is C28H54N2+2. The van der Waals surface area contributed by atoms with E-state index in [4.69, 9.17) is 0 Å². The first-order valence-corrected chi connectivity index (χ1v) is 14.3. The summed E-state index contributed by atoms with van der Waals surface area (Å²) in [6.07, 6.45) is 30.2. The van der Waals surface area contributed by atoms with Crippen LogP contribution in [-0.4, -0.2) is 60.3 Å². The first-order valence-electron chi connectivity index (χ1n) is 14.3. The Kier molecular flexibility index (Phi) is 8.23. The van der Waals surface area contributed by atoms with Gasteiger partial charge in [-0.1, -0.05) is 38.5 Å². The largest absolute Gasteiger partial charge is 0.321 e. The summed E-state index contributed by atoms with van der Waals surface area (Å²) in [4.78, 5) is 0. The molecule has 4 fully saturated rings. The fraction of sp³-hybridized carbons (Fsp3) is 1.00. The summed E-state index contributed by atoms with van der Waals surface area (Å²) in [5, 5.41) is 0. The van der Waals surface area contributed by atoms with E-state index in [1.54, 1.807) is 0 Å². The Bertz CT molecular complexity index is 437. The Labute approximate surface area is 189 Å². The highest BCUT2D eigenvalue weighted by Gasteiger charge is 2.48. The molecule has 30 heavy (non-hydrogen) atoms. The Balaban J connectivity index is 0.961. The number of piperidine rings is 2. The molecule has 6 atom stereocenters. The van der Waals surface area contributed by atoms with Crippen molar-refractivity contribution < 1.29 is 8.97 Å². The van der Waals surface area contributed by atoms with E-state index in [0.29, 0.717) is 0 Å². The van der Waals surface area contributed by atoms with Crippen molar-refractivity contribution in [2.75, 3.05) is 27.2 Å². The summed E-state index contributed by atoms with van der Waals surface area (Å²) in [7, 11) is 5.19. The summed E-state index contributed by atoms with van der Waals surface area (Å²) in [5.41, 5.74) is 0. The van der Waals surface area contributed by atoms with Crippen LogP contribution in [0.25, 0.3) is 0 Å². The van der Waals surface area contributed by atoms with Crippen LogP contribution in [0, 0.1) is 0 Å². The molecule has 0 aromatic carbocycles. The molecule has 0 saturated carbocycles. The van der Waals surface area contributed by atoms with Crippen LogP contribution in [0.5, 0.6) is 0 Å². The van der Waals surface area contributed by atoms with E-state index in [2.05, 4.69) is 14.1 Å². The van der Waals surface area contributed by atoms with Crippen molar-refractivity contribution in [3.05, 3.63) is 0 Å². The molecule has 0 aromatic heterocycles. The van der Waals surface area contributed by atoms with Gasteiger partial charge in [-0.15, -0.1) is 0 Å². The molecule has 0 spiro atoms. The van der Waals surface area contributed by atoms with E-state index in [-0.39, 0.29) is 0 Å². The molecule has 4 aliphatic rings. The predicted octanol–water partition coefficient (Wildman–Crippen LogP) is 7.21. The minimum atomic E-state index is 1.03. The van der Waals surface area contributed by atoms with Crippen LogP contribution < -0.4 is 0 Å². The third-order valence-electron chi connectivity index (χ3n) is 10.7. The lowest BCUT2D eigenvalue weighted by molar-refractivity contribution is -0.948. The lowest BCUT2D eigenvalue weighted by atomic mass is 9.98. The van der Waals surface area contributed by atoms with Gasteiger partial charge in [0.15, 0.2) is 0 Å². The van der Waals surface area contributed by atoms with Gasteiger partial charge in [0.1, 0.15) is 0 Å². The zero-order chi connectivity index (χ0) is 20.9. The van der Waals surface area contributed by atoms with Gasteiger partial charge >= 0.3 is 0 Å². The van der Waals surface area contributed by atoms with Crippen LogP contribution in [0.15, 0.2) is 0 Å². The maximum absolute atomic E-state index is 2.60. The molecule has 2 nitrogen and oxygen atoms in total. The second kappa shape index (κ2) is 10.7. The molecule has 2 heteroatoms. The van der Waals surface area contributed by atoms with Crippen LogP contribution >= 0.6 is 0 Å². The van der Waals surface area contributed by atoms with Crippen LogP contribution in [-0.2, 0) is 0 Å². The maximum atomic E-state index is 2.60. The summed E-state index contributed by atoms with van der Waals surface area (Å²) in [5.74, 6) is 0. The van der Waals surface area contributed by atoms with E-state index >= 15 is 0 Å². The van der Waals surface area contributed by atoms with Gasteiger partial charge in [-0.05, 0) is 64.2 Å². The number of fused-ring (bicyclic) bond motifs is 4. The van der Waals surface area contributed by atoms with E-state index in [9.17, 15) is 0 Å². The Morgan fingerprint density at radius 1 is 0.400 bits per heavy atom. The van der Waals surface area contributed by atoms with E-state index in [0.717, 1.165) is 24.2 Å². The molecule has 4 rings (SSSR count). The third kappa shape index (κ3) is 5.11.